The number of nitrogens with one attached hydrogen (secondary N) is 1. The number of halogens is 1. The molecule has 3 N–H and O–H groups in total. The van der Waals surface area contributed by atoms with Gasteiger partial charge in [-0.2, -0.15) is 0 Å². The first kappa shape index (κ1) is 11.6. The molecule has 0 unspecified atom stereocenters. The van der Waals surface area contributed by atoms with E-state index in [2.05, 4.69) is 36.3 Å². The average molecular weight is 306 g/mol. The molecular weight excluding hydrogens is 294 g/mol. The maximum atomic E-state index is 5.45. The van der Waals surface area contributed by atoms with Gasteiger partial charge in [-0.3, -0.25) is 4.98 Å². The van der Waals surface area contributed by atoms with Crippen LogP contribution in [0.25, 0.3) is 11.5 Å². The topological polar surface area (TPSA) is 76.7 Å². The van der Waals surface area contributed by atoms with E-state index in [-0.39, 0.29) is 0 Å². The smallest absolute Gasteiger partial charge is 0.181 e. The molecule has 0 aliphatic heterocycles. The molecule has 0 saturated heterocycles. The van der Waals surface area contributed by atoms with Crippen molar-refractivity contribution >= 4 is 21.7 Å². The maximum absolute atomic E-state index is 5.45. The highest BCUT2D eigenvalue weighted by atomic mass is 79.9. The lowest BCUT2D eigenvalue weighted by atomic mass is 10.2. The monoisotopic (exact) mass is 305 g/mol. The predicted molar refractivity (Wildman–Crippen MR) is 72.7 cm³/mol. The van der Waals surface area contributed by atoms with Gasteiger partial charge in [0.1, 0.15) is 11.5 Å². The van der Waals surface area contributed by atoms with Crippen LogP contribution in [0, 0.1) is 0 Å². The van der Waals surface area contributed by atoms with Crippen LogP contribution in [0.1, 0.15) is 24.5 Å². The standard InChI is InChI=1S/C12H12BrN5/c13-8-2-1-5-15-11(8)12-16-9(7-3-4-7)6-10(17-12)18-14/h1-2,5-7H,3-4,14H2,(H,16,17,18). The van der Waals surface area contributed by atoms with Gasteiger partial charge in [0.05, 0.1) is 0 Å². The molecule has 0 amide bonds. The number of hydrogen-bond donors (Lipinski definition) is 2. The molecule has 18 heavy (non-hydrogen) atoms. The highest BCUT2D eigenvalue weighted by Crippen LogP contribution is 2.40. The third kappa shape index (κ3) is 2.21. The predicted octanol–water partition coefficient (Wildman–Crippen LogP) is 2.46. The Labute approximate surface area is 113 Å². The first-order valence-electron chi connectivity index (χ1n) is 5.74. The van der Waals surface area contributed by atoms with Gasteiger partial charge in [0.2, 0.25) is 0 Å². The molecule has 0 atom stereocenters. The van der Waals surface area contributed by atoms with Gasteiger partial charge in [0.15, 0.2) is 5.82 Å². The molecule has 3 rings (SSSR count). The molecule has 0 bridgehead atoms. The third-order valence-corrected chi connectivity index (χ3v) is 3.50. The van der Waals surface area contributed by atoms with Gasteiger partial charge in [-0.15, -0.1) is 0 Å². The molecule has 1 aliphatic carbocycles. The van der Waals surface area contributed by atoms with E-state index in [4.69, 9.17) is 5.84 Å². The van der Waals surface area contributed by atoms with Crippen LogP contribution in [0.3, 0.4) is 0 Å². The first-order valence-corrected chi connectivity index (χ1v) is 6.53. The molecule has 1 saturated carbocycles. The SMILES string of the molecule is NNc1cc(C2CC2)nc(-c2ncccc2Br)n1. The van der Waals surface area contributed by atoms with Crippen LogP contribution in [0.5, 0.6) is 0 Å². The van der Waals surface area contributed by atoms with E-state index in [0.29, 0.717) is 17.6 Å². The van der Waals surface area contributed by atoms with Crippen LogP contribution >= 0.6 is 15.9 Å². The average Bonchev–Trinajstić information content (AvgIpc) is 3.23. The summed E-state index contributed by atoms with van der Waals surface area (Å²) in [5.41, 5.74) is 4.35. The molecular formula is C12H12BrN5. The largest absolute Gasteiger partial charge is 0.308 e. The van der Waals surface area contributed by atoms with E-state index in [9.17, 15) is 0 Å². The Bertz CT molecular complexity index is 582. The van der Waals surface area contributed by atoms with Gasteiger partial charge in [-0.1, -0.05) is 0 Å². The molecule has 92 valence electrons. The molecule has 5 nitrogen and oxygen atoms in total. The fourth-order valence-corrected chi connectivity index (χ4v) is 2.22. The van der Waals surface area contributed by atoms with E-state index >= 15 is 0 Å². The fourth-order valence-electron chi connectivity index (χ4n) is 1.78. The van der Waals surface area contributed by atoms with Gasteiger partial charge >= 0.3 is 0 Å². The highest BCUT2D eigenvalue weighted by Gasteiger charge is 2.26. The Kier molecular flexibility index (Phi) is 2.97. The number of hydrogen-bond acceptors (Lipinski definition) is 5. The summed E-state index contributed by atoms with van der Waals surface area (Å²) in [7, 11) is 0. The summed E-state index contributed by atoms with van der Waals surface area (Å²) in [6.45, 7) is 0. The Morgan fingerprint density at radius 2 is 2.17 bits per heavy atom. The number of nitrogens with two attached hydrogens (primary N) is 1. The van der Waals surface area contributed by atoms with Crippen molar-refractivity contribution in [3.63, 3.8) is 0 Å². The number of hydrazine groups is 1. The Morgan fingerprint density at radius 3 is 2.83 bits per heavy atom. The zero-order valence-corrected chi connectivity index (χ0v) is 11.2. The second-order valence-corrected chi connectivity index (χ2v) is 5.11. The minimum atomic E-state index is 0.543. The van der Waals surface area contributed by atoms with Crippen molar-refractivity contribution in [2.24, 2.45) is 5.84 Å². The molecule has 0 radical (unpaired) electrons. The van der Waals surface area contributed by atoms with Crippen LogP contribution in [0.2, 0.25) is 0 Å². The quantitative estimate of drug-likeness (QED) is 0.673. The highest BCUT2D eigenvalue weighted by molar-refractivity contribution is 9.10. The zero-order valence-electron chi connectivity index (χ0n) is 9.60. The Hall–Kier alpha value is -1.53. The number of nitrogens with zero attached hydrogens (tertiary/aromatic N) is 3. The van der Waals surface area contributed by atoms with Gasteiger partial charge < -0.3 is 5.43 Å². The lowest BCUT2D eigenvalue weighted by molar-refractivity contribution is 0.983. The summed E-state index contributed by atoms with van der Waals surface area (Å²) in [6, 6.07) is 5.68. The molecule has 1 fully saturated rings. The third-order valence-electron chi connectivity index (χ3n) is 2.86. The van der Waals surface area contributed by atoms with Crippen molar-refractivity contribution in [1.29, 1.82) is 0 Å². The molecule has 0 aromatic carbocycles. The van der Waals surface area contributed by atoms with Crippen LogP contribution in [0.15, 0.2) is 28.9 Å². The van der Waals surface area contributed by atoms with Crippen LogP contribution in [-0.2, 0) is 0 Å². The molecule has 1 aliphatic rings. The number of anilines is 1. The van der Waals surface area contributed by atoms with Crippen molar-refractivity contribution in [2.75, 3.05) is 5.43 Å². The molecule has 6 heteroatoms. The zero-order chi connectivity index (χ0) is 12.5. The number of aromatic nitrogens is 3. The van der Waals surface area contributed by atoms with Crippen molar-refractivity contribution in [1.82, 2.24) is 15.0 Å². The summed E-state index contributed by atoms with van der Waals surface area (Å²) in [4.78, 5) is 13.2. The van der Waals surface area contributed by atoms with Crippen LogP contribution in [-0.4, -0.2) is 15.0 Å². The van der Waals surface area contributed by atoms with Gasteiger partial charge in [0, 0.05) is 28.3 Å². The summed E-state index contributed by atoms with van der Waals surface area (Å²) in [6.07, 6.45) is 4.09. The Morgan fingerprint density at radius 1 is 1.33 bits per heavy atom. The molecule has 0 spiro atoms. The summed E-state index contributed by atoms with van der Waals surface area (Å²) in [5.74, 6) is 7.22. The van der Waals surface area contributed by atoms with Crippen LogP contribution in [0.4, 0.5) is 5.82 Å². The van der Waals surface area contributed by atoms with Crippen molar-refractivity contribution < 1.29 is 0 Å². The maximum Gasteiger partial charge on any atom is 0.181 e. The summed E-state index contributed by atoms with van der Waals surface area (Å²) >= 11 is 3.46. The summed E-state index contributed by atoms with van der Waals surface area (Å²) in [5, 5.41) is 0. The number of rotatable bonds is 3. The van der Waals surface area contributed by atoms with E-state index in [1.165, 1.54) is 12.8 Å². The summed E-state index contributed by atoms with van der Waals surface area (Å²) < 4.78 is 0.876. The van der Waals surface area contributed by atoms with Crippen molar-refractivity contribution in [2.45, 2.75) is 18.8 Å². The Balaban J connectivity index is 2.10. The van der Waals surface area contributed by atoms with Gasteiger partial charge in [-0.05, 0) is 40.9 Å². The van der Waals surface area contributed by atoms with E-state index in [1.807, 2.05) is 18.2 Å². The second kappa shape index (κ2) is 4.62. The van der Waals surface area contributed by atoms with Gasteiger partial charge in [-0.25, -0.2) is 15.8 Å². The van der Waals surface area contributed by atoms with E-state index in [0.717, 1.165) is 15.9 Å². The normalized spacial score (nSPS) is 14.6. The van der Waals surface area contributed by atoms with Crippen molar-refractivity contribution in [3.8, 4) is 11.5 Å². The number of pyridine rings is 1. The fraction of sp³-hybridized carbons (Fsp3) is 0.250. The molecule has 2 aromatic rings. The minimum Gasteiger partial charge on any atom is -0.308 e. The lowest BCUT2D eigenvalue weighted by Crippen LogP contribution is -2.10. The molecule has 2 heterocycles. The van der Waals surface area contributed by atoms with Crippen molar-refractivity contribution in [3.05, 3.63) is 34.6 Å². The first-order chi connectivity index (χ1) is 8.78. The van der Waals surface area contributed by atoms with Gasteiger partial charge in [0.25, 0.3) is 0 Å². The van der Waals surface area contributed by atoms with Crippen LogP contribution < -0.4 is 11.3 Å². The van der Waals surface area contributed by atoms with E-state index in [1.54, 1.807) is 6.20 Å². The number of nitrogen functional groups attached to an aromatic ring is 1. The second-order valence-electron chi connectivity index (χ2n) is 4.25. The lowest BCUT2D eigenvalue weighted by Gasteiger charge is -2.07. The minimum absolute atomic E-state index is 0.543. The molecule has 2 aromatic heterocycles. The van der Waals surface area contributed by atoms with E-state index < -0.39 is 0 Å².